The lowest BCUT2D eigenvalue weighted by molar-refractivity contribution is -0.142. The molecule has 0 saturated heterocycles. The first-order valence-corrected chi connectivity index (χ1v) is 12.8. The molecule has 0 spiro atoms. The van der Waals surface area contributed by atoms with Crippen LogP contribution in [0.5, 0.6) is 17.5 Å². The van der Waals surface area contributed by atoms with Gasteiger partial charge in [-0.05, 0) is 43.5 Å². The van der Waals surface area contributed by atoms with Gasteiger partial charge in [0, 0.05) is 22.9 Å². The number of carbonyl (C=O) groups is 1. The zero-order valence-electron chi connectivity index (χ0n) is 20.1. The number of rotatable bonds is 7. The molecule has 38 heavy (non-hydrogen) atoms. The van der Waals surface area contributed by atoms with Crippen molar-refractivity contribution in [2.75, 3.05) is 18.7 Å². The van der Waals surface area contributed by atoms with Crippen molar-refractivity contribution in [3.63, 3.8) is 0 Å². The molecule has 1 fully saturated rings. The van der Waals surface area contributed by atoms with Crippen LogP contribution >= 0.6 is 0 Å². The van der Waals surface area contributed by atoms with Gasteiger partial charge < -0.3 is 14.8 Å². The van der Waals surface area contributed by atoms with E-state index in [9.17, 15) is 31.0 Å². The van der Waals surface area contributed by atoms with Gasteiger partial charge >= 0.3 is 6.18 Å². The van der Waals surface area contributed by atoms with E-state index in [1.54, 1.807) is 0 Å². The predicted octanol–water partition coefficient (Wildman–Crippen LogP) is 5.39. The van der Waals surface area contributed by atoms with Crippen LogP contribution in [0.25, 0.3) is 0 Å². The molecule has 1 aromatic carbocycles. The molecule has 0 bridgehead atoms. The van der Waals surface area contributed by atoms with E-state index in [1.165, 1.54) is 24.3 Å². The van der Waals surface area contributed by atoms with Crippen molar-refractivity contribution in [2.45, 2.75) is 36.5 Å². The van der Waals surface area contributed by atoms with E-state index in [1.807, 2.05) is 0 Å². The number of halogens is 5. The number of hydrogen-bond donors (Lipinski definition) is 2. The summed E-state index contributed by atoms with van der Waals surface area (Å²) >= 11 is 0. The molecule has 3 aromatic rings. The van der Waals surface area contributed by atoms with Crippen molar-refractivity contribution in [1.29, 1.82) is 4.78 Å². The largest absolute Gasteiger partial charge is 0.478 e. The Morgan fingerprint density at radius 2 is 1.87 bits per heavy atom. The smallest absolute Gasteiger partial charge is 0.435 e. The first kappa shape index (κ1) is 27.2. The molecule has 1 aliphatic rings. The Kier molecular flexibility index (Phi) is 6.76. The normalized spacial score (nSPS) is 15.9. The van der Waals surface area contributed by atoms with E-state index in [0.29, 0.717) is 0 Å². The van der Waals surface area contributed by atoms with Crippen LogP contribution < -0.4 is 14.8 Å². The second kappa shape index (κ2) is 9.45. The standard InChI is InChI=1S/C23H20F5N5O4S/c1-11-16(19(34)30-12-5-4-6-13(9-12)38(3,29)35)20(33-32-18(11)23(26,27)28)37-17-14(24)10-15(22(25)7-8-22)31-21(17)36-2/h4-6,9-10,29H,7-8H2,1-3H3,(H,30,34). The maximum Gasteiger partial charge on any atom is 0.435 e. The lowest BCUT2D eigenvalue weighted by Gasteiger charge is -2.17. The summed E-state index contributed by atoms with van der Waals surface area (Å²) in [5.74, 6) is -4.37. The molecule has 1 saturated carbocycles. The molecule has 1 aliphatic carbocycles. The summed E-state index contributed by atoms with van der Waals surface area (Å²) in [6.45, 7) is 0.952. The monoisotopic (exact) mass is 557 g/mol. The van der Waals surface area contributed by atoms with Gasteiger partial charge in [-0.3, -0.25) is 4.79 Å². The summed E-state index contributed by atoms with van der Waals surface area (Å²) < 4.78 is 100. The molecule has 15 heteroatoms. The zero-order valence-corrected chi connectivity index (χ0v) is 20.9. The van der Waals surface area contributed by atoms with Gasteiger partial charge in [-0.25, -0.2) is 22.8 Å². The minimum Gasteiger partial charge on any atom is -0.478 e. The summed E-state index contributed by atoms with van der Waals surface area (Å²) in [6.07, 6.45) is -3.58. The van der Waals surface area contributed by atoms with Gasteiger partial charge in [0.2, 0.25) is 5.75 Å². The summed E-state index contributed by atoms with van der Waals surface area (Å²) in [6, 6.07) is 6.12. The highest BCUT2D eigenvalue weighted by Gasteiger charge is 2.47. The fraction of sp³-hybridized carbons (Fsp3) is 0.304. The Bertz CT molecular complexity index is 1540. The predicted molar refractivity (Wildman–Crippen MR) is 124 cm³/mol. The number of anilines is 1. The molecule has 1 unspecified atom stereocenters. The number of nitrogens with one attached hydrogen (secondary N) is 2. The third-order valence-electron chi connectivity index (χ3n) is 5.66. The second-order valence-corrected chi connectivity index (χ2v) is 10.7. The zero-order chi connectivity index (χ0) is 28.0. The van der Waals surface area contributed by atoms with Crippen LogP contribution in [-0.2, 0) is 21.6 Å². The maximum atomic E-state index is 15.0. The summed E-state index contributed by atoms with van der Waals surface area (Å²) in [7, 11) is -2.07. The van der Waals surface area contributed by atoms with Gasteiger partial charge in [-0.1, -0.05) is 6.07 Å². The average molecular weight is 558 g/mol. The molecular formula is C23H20F5N5O4S. The topological polar surface area (TPSA) is 127 Å². The second-order valence-electron chi connectivity index (χ2n) is 8.57. The Morgan fingerprint density at radius 3 is 2.45 bits per heavy atom. The Balaban J connectivity index is 1.79. The van der Waals surface area contributed by atoms with Crippen LogP contribution in [0.4, 0.5) is 27.6 Å². The van der Waals surface area contributed by atoms with E-state index in [2.05, 4.69) is 20.5 Å². The lowest BCUT2D eigenvalue weighted by Crippen LogP contribution is -2.21. The lowest BCUT2D eigenvalue weighted by atomic mass is 10.1. The molecule has 0 radical (unpaired) electrons. The van der Waals surface area contributed by atoms with Crippen LogP contribution in [-0.4, -0.2) is 38.7 Å². The van der Waals surface area contributed by atoms with Crippen molar-refractivity contribution in [2.24, 2.45) is 0 Å². The molecule has 9 nitrogen and oxygen atoms in total. The summed E-state index contributed by atoms with van der Waals surface area (Å²) in [5, 5.41) is 8.82. The molecular weight excluding hydrogens is 537 g/mol. The number of hydrogen-bond acceptors (Lipinski definition) is 8. The van der Waals surface area contributed by atoms with Crippen LogP contribution in [0.3, 0.4) is 0 Å². The molecule has 1 amide bonds. The average Bonchev–Trinajstić information content (AvgIpc) is 3.57. The van der Waals surface area contributed by atoms with Gasteiger partial charge in [0.1, 0.15) is 5.56 Å². The van der Waals surface area contributed by atoms with Crippen LogP contribution in [0.15, 0.2) is 35.2 Å². The highest BCUT2D eigenvalue weighted by atomic mass is 32.2. The fourth-order valence-corrected chi connectivity index (χ4v) is 4.21. The van der Waals surface area contributed by atoms with E-state index < -0.39 is 67.6 Å². The number of nitrogens with zero attached hydrogens (tertiary/aromatic N) is 3. The fourth-order valence-electron chi connectivity index (χ4n) is 3.52. The Labute approximate surface area is 213 Å². The van der Waals surface area contributed by atoms with Crippen molar-refractivity contribution in [1.82, 2.24) is 15.2 Å². The number of methoxy groups -OCH3 is 1. The van der Waals surface area contributed by atoms with Crippen LogP contribution in [0, 0.1) is 17.5 Å². The van der Waals surface area contributed by atoms with Crippen molar-refractivity contribution < 1.29 is 40.4 Å². The summed E-state index contributed by atoms with van der Waals surface area (Å²) in [4.78, 5) is 17.1. The van der Waals surface area contributed by atoms with E-state index in [4.69, 9.17) is 14.3 Å². The van der Waals surface area contributed by atoms with Crippen molar-refractivity contribution >= 4 is 21.3 Å². The molecule has 2 aromatic heterocycles. The molecule has 4 rings (SSSR count). The Morgan fingerprint density at radius 1 is 1.18 bits per heavy atom. The number of carbonyl (C=O) groups excluding carboxylic acids is 1. The van der Waals surface area contributed by atoms with E-state index in [-0.39, 0.29) is 29.1 Å². The third kappa shape index (κ3) is 5.37. The number of pyridine rings is 1. The van der Waals surface area contributed by atoms with Gasteiger partial charge in [0.05, 0.1) is 22.5 Å². The van der Waals surface area contributed by atoms with Gasteiger partial charge in [0.15, 0.2) is 17.2 Å². The maximum absolute atomic E-state index is 15.0. The SMILES string of the molecule is COc1nc(C2(F)CC2)cc(F)c1Oc1nnc(C(F)(F)F)c(C)c1C(=O)Nc1cccc(S(C)(=N)=O)c1. The summed E-state index contributed by atoms with van der Waals surface area (Å²) in [5.41, 5.74) is -4.96. The van der Waals surface area contributed by atoms with Gasteiger partial charge in [-0.15, -0.1) is 10.2 Å². The number of benzene rings is 1. The molecule has 2 heterocycles. The van der Waals surface area contributed by atoms with Gasteiger partial charge in [-0.2, -0.15) is 13.2 Å². The van der Waals surface area contributed by atoms with Crippen LogP contribution in [0.2, 0.25) is 0 Å². The van der Waals surface area contributed by atoms with Crippen LogP contribution in [0.1, 0.15) is 40.2 Å². The highest BCUT2D eigenvalue weighted by Crippen LogP contribution is 2.50. The minimum absolute atomic E-state index is 0.0116. The van der Waals surface area contributed by atoms with Gasteiger partial charge in [0.25, 0.3) is 17.7 Å². The number of amides is 1. The first-order valence-electron chi connectivity index (χ1n) is 10.9. The minimum atomic E-state index is -4.99. The molecule has 1 atom stereocenters. The number of alkyl halides is 4. The van der Waals surface area contributed by atoms with E-state index in [0.717, 1.165) is 26.4 Å². The quantitative estimate of drug-likeness (QED) is 0.373. The number of aromatic nitrogens is 3. The number of ether oxygens (including phenoxy) is 2. The first-order chi connectivity index (χ1) is 17.6. The third-order valence-corrected chi connectivity index (χ3v) is 6.81. The highest BCUT2D eigenvalue weighted by molar-refractivity contribution is 7.91. The van der Waals surface area contributed by atoms with Crippen molar-refractivity contribution in [3.05, 3.63) is 58.7 Å². The van der Waals surface area contributed by atoms with E-state index >= 15 is 0 Å². The molecule has 202 valence electrons. The Hall–Kier alpha value is -3.88. The molecule has 2 N–H and O–H groups in total. The molecule has 0 aliphatic heterocycles. The van der Waals surface area contributed by atoms with Crippen molar-refractivity contribution in [3.8, 4) is 17.5 Å².